The first-order valence-corrected chi connectivity index (χ1v) is 8.32. The molecule has 0 amide bonds. The molecule has 1 unspecified atom stereocenters. The minimum absolute atomic E-state index is 0.0105. The van der Waals surface area contributed by atoms with Crippen LogP contribution in [0.25, 0.3) is 21.8 Å². The van der Waals surface area contributed by atoms with Gasteiger partial charge in [-0.2, -0.15) is 0 Å². The molecule has 2 aromatic heterocycles. The summed E-state index contributed by atoms with van der Waals surface area (Å²) in [6, 6.07) is 6.13. The monoisotopic (exact) mass is 337 g/mol. The number of sulfonamides is 1. The number of H-pyrrole nitrogens is 2. The zero-order valence-corrected chi connectivity index (χ0v) is 12.7. The molecule has 0 saturated carbocycles. The number of hydrogen-bond donors (Lipinski definition) is 5. The Hall–Kier alpha value is -2.20. The number of aliphatic hydroxyl groups excluding tert-OH is 2. The van der Waals surface area contributed by atoms with E-state index in [1.165, 1.54) is 18.3 Å². The van der Waals surface area contributed by atoms with Gasteiger partial charge in [-0.05, 0) is 24.3 Å². The molecule has 0 bridgehead atoms. The van der Waals surface area contributed by atoms with Crippen LogP contribution in [0, 0.1) is 0 Å². The van der Waals surface area contributed by atoms with E-state index in [4.69, 9.17) is 5.11 Å². The van der Waals surface area contributed by atoms with E-state index >= 15 is 0 Å². The van der Waals surface area contributed by atoms with Gasteiger partial charge in [-0.25, -0.2) is 13.1 Å². The van der Waals surface area contributed by atoms with E-state index in [0.29, 0.717) is 21.8 Å². The number of benzene rings is 1. The maximum Gasteiger partial charge on any atom is 0.272 e. The van der Waals surface area contributed by atoms with Crippen molar-refractivity contribution in [3.8, 4) is 0 Å². The summed E-state index contributed by atoms with van der Waals surface area (Å²) in [7, 11) is -3.83. The molecule has 3 aromatic rings. The maximum atomic E-state index is 12.2. The van der Waals surface area contributed by atoms with Crippen LogP contribution in [0.2, 0.25) is 0 Å². The summed E-state index contributed by atoms with van der Waals surface area (Å²) in [4.78, 5) is 17.3. The molecule has 3 rings (SSSR count). The normalized spacial score (nSPS) is 13.7. The molecule has 1 aromatic carbocycles. The van der Waals surface area contributed by atoms with E-state index < -0.39 is 22.7 Å². The van der Waals surface area contributed by atoms with Gasteiger partial charge in [0.25, 0.3) is 5.56 Å². The lowest BCUT2D eigenvalue weighted by atomic mass is 10.2. The lowest BCUT2D eigenvalue weighted by Crippen LogP contribution is -2.33. The van der Waals surface area contributed by atoms with Crippen LogP contribution in [-0.4, -0.2) is 47.9 Å². The summed E-state index contributed by atoms with van der Waals surface area (Å²) in [6.07, 6.45) is 0.328. The van der Waals surface area contributed by atoms with Crippen molar-refractivity contribution in [3.63, 3.8) is 0 Å². The molecule has 0 radical (unpaired) electrons. The molecule has 0 aliphatic carbocycles. The first-order valence-electron chi connectivity index (χ1n) is 6.84. The molecule has 9 heteroatoms. The highest BCUT2D eigenvalue weighted by atomic mass is 32.2. The summed E-state index contributed by atoms with van der Waals surface area (Å²) in [5, 5.41) is 19.2. The van der Waals surface area contributed by atoms with Crippen molar-refractivity contribution in [2.24, 2.45) is 0 Å². The predicted octanol–water partition coefficient (Wildman–Crippen LogP) is -0.359. The molecular weight excluding hydrogens is 322 g/mol. The van der Waals surface area contributed by atoms with Crippen molar-refractivity contribution in [2.75, 3.05) is 13.2 Å². The highest BCUT2D eigenvalue weighted by Crippen LogP contribution is 2.25. The largest absolute Gasteiger partial charge is 0.394 e. The van der Waals surface area contributed by atoms with Gasteiger partial charge in [-0.1, -0.05) is 0 Å². The number of aromatic nitrogens is 2. The van der Waals surface area contributed by atoms with Crippen LogP contribution in [0.1, 0.15) is 0 Å². The number of nitrogens with one attached hydrogen (secondary N) is 3. The van der Waals surface area contributed by atoms with Crippen LogP contribution in [0.3, 0.4) is 0 Å². The third kappa shape index (κ3) is 2.86. The molecular formula is C14H15N3O5S. The molecule has 1 atom stereocenters. The molecule has 0 saturated heterocycles. The number of rotatable bonds is 5. The number of aliphatic hydroxyl groups is 2. The third-order valence-electron chi connectivity index (χ3n) is 3.53. The van der Waals surface area contributed by atoms with E-state index in [0.717, 1.165) is 0 Å². The Balaban J connectivity index is 2.07. The van der Waals surface area contributed by atoms with Gasteiger partial charge in [0.05, 0.1) is 17.6 Å². The second kappa shape index (κ2) is 5.78. The Kier molecular flexibility index (Phi) is 3.94. The number of aromatic amines is 2. The zero-order valence-electron chi connectivity index (χ0n) is 11.9. The van der Waals surface area contributed by atoms with Crippen LogP contribution in [0.4, 0.5) is 0 Å². The summed E-state index contributed by atoms with van der Waals surface area (Å²) in [5.41, 5.74) is 0.735. The average Bonchev–Trinajstić information content (AvgIpc) is 2.92. The van der Waals surface area contributed by atoms with Crippen molar-refractivity contribution in [3.05, 3.63) is 40.8 Å². The van der Waals surface area contributed by atoms with Crippen molar-refractivity contribution in [1.29, 1.82) is 0 Å². The van der Waals surface area contributed by atoms with Crippen LogP contribution >= 0.6 is 0 Å². The molecule has 0 aliphatic rings. The van der Waals surface area contributed by atoms with E-state index in [9.17, 15) is 18.3 Å². The van der Waals surface area contributed by atoms with Gasteiger partial charge < -0.3 is 20.2 Å². The minimum Gasteiger partial charge on any atom is -0.394 e. The predicted molar refractivity (Wildman–Crippen MR) is 84.7 cm³/mol. The Morgan fingerprint density at radius 2 is 2.00 bits per heavy atom. The fourth-order valence-corrected chi connectivity index (χ4v) is 3.44. The standard InChI is InChI=1S/C14H15N3O5S/c18-7-8(19)6-16-23(21,22)9-1-2-12-11(5-9)10-3-4-15-14(20)13(10)17-12/h1-5,8,16-19H,6-7H2,(H,15,20). The van der Waals surface area contributed by atoms with Crippen molar-refractivity contribution in [2.45, 2.75) is 11.0 Å². The van der Waals surface area contributed by atoms with Crippen LogP contribution in [0.5, 0.6) is 0 Å². The Labute approximate surface area is 130 Å². The van der Waals surface area contributed by atoms with Crippen LogP contribution in [-0.2, 0) is 10.0 Å². The molecule has 23 heavy (non-hydrogen) atoms. The van der Waals surface area contributed by atoms with Crippen LogP contribution in [0.15, 0.2) is 40.2 Å². The van der Waals surface area contributed by atoms with Gasteiger partial charge >= 0.3 is 0 Å². The Bertz CT molecular complexity index is 1020. The smallest absolute Gasteiger partial charge is 0.272 e. The molecule has 2 heterocycles. The van der Waals surface area contributed by atoms with Crippen molar-refractivity contribution >= 4 is 31.8 Å². The first kappa shape index (κ1) is 15.7. The van der Waals surface area contributed by atoms with E-state index in [1.54, 1.807) is 12.1 Å². The molecule has 0 aliphatic heterocycles. The molecule has 5 N–H and O–H groups in total. The van der Waals surface area contributed by atoms with E-state index in [1.807, 2.05) is 0 Å². The third-order valence-corrected chi connectivity index (χ3v) is 4.95. The van der Waals surface area contributed by atoms with E-state index in [2.05, 4.69) is 14.7 Å². The van der Waals surface area contributed by atoms with Gasteiger partial charge in [0.15, 0.2) is 0 Å². The minimum atomic E-state index is -3.83. The molecule has 8 nitrogen and oxygen atoms in total. The van der Waals surface area contributed by atoms with Crippen LogP contribution < -0.4 is 10.3 Å². The Morgan fingerprint density at radius 3 is 2.74 bits per heavy atom. The van der Waals surface area contributed by atoms with Crippen molar-refractivity contribution in [1.82, 2.24) is 14.7 Å². The zero-order chi connectivity index (χ0) is 16.6. The first-order chi connectivity index (χ1) is 10.9. The van der Waals surface area contributed by atoms with Gasteiger partial charge in [0.1, 0.15) is 5.52 Å². The van der Waals surface area contributed by atoms with Gasteiger partial charge in [0.2, 0.25) is 10.0 Å². The summed E-state index contributed by atoms with van der Waals surface area (Å²) >= 11 is 0. The lowest BCUT2D eigenvalue weighted by molar-refractivity contribution is 0.0988. The van der Waals surface area contributed by atoms with Gasteiger partial charge in [-0.15, -0.1) is 0 Å². The molecule has 0 spiro atoms. The van der Waals surface area contributed by atoms with E-state index in [-0.39, 0.29) is 17.0 Å². The number of hydrogen-bond acceptors (Lipinski definition) is 5. The molecule has 122 valence electrons. The summed E-state index contributed by atoms with van der Waals surface area (Å²) in [5.74, 6) is 0. The fraction of sp³-hybridized carbons (Fsp3) is 0.214. The number of fused-ring (bicyclic) bond motifs is 3. The highest BCUT2D eigenvalue weighted by molar-refractivity contribution is 7.89. The highest BCUT2D eigenvalue weighted by Gasteiger charge is 2.17. The second-order valence-corrected chi connectivity index (χ2v) is 6.88. The Morgan fingerprint density at radius 1 is 1.22 bits per heavy atom. The topological polar surface area (TPSA) is 135 Å². The van der Waals surface area contributed by atoms with Gasteiger partial charge in [0, 0.05) is 29.0 Å². The number of pyridine rings is 1. The SMILES string of the molecule is O=c1[nH]ccc2c1[nH]c1ccc(S(=O)(=O)NCC(O)CO)cc12. The fourth-order valence-electron chi connectivity index (χ4n) is 2.34. The maximum absolute atomic E-state index is 12.2. The average molecular weight is 337 g/mol. The quantitative estimate of drug-likeness (QED) is 0.433. The lowest BCUT2D eigenvalue weighted by Gasteiger charge is -2.10. The summed E-state index contributed by atoms with van der Waals surface area (Å²) < 4.78 is 26.7. The second-order valence-electron chi connectivity index (χ2n) is 5.12. The molecule has 0 fully saturated rings. The van der Waals surface area contributed by atoms with Crippen molar-refractivity contribution < 1.29 is 18.6 Å². The van der Waals surface area contributed by atoms with Gasteiger partial charge in [-0.3, -0.25) is 4.79 Å². The summed E-state index contributed by atoms with van der Waals surface area (Å²) in [6.45, 7) is -0.822.